The van der Waals surface area contributed by atoms with Gasteiger partial charge in [-0.25, -0.2) is 0 Å². The molecule has 0 radical (unpaired) electrons. The topological polar surface area (TPSA) is 6.48 Å². The molecular formula is C21H26N2. The Labute approximate surface area is 139 Å². The highest BCUT2D eigenvalue weighted by atomic mass is 15.3. The summed E-state index contributed by atoms with van der Waals surface area (Å²) in [6.07, 6.45) is 5.24. The van der Waals surface area contributed by atoms with Crippen molar-refractivity contribution in [2.75, 3.05) is 19.8 Å². The van der Waals surface area contributed by atoms with Crippen LogP contribution in [-0.4, -0.2) is 29.6 Å². The molecule has 0 saturated carbocycles. The Hall–Kier alpha value is -1.64. The Balaban J connectivity index is 1.48. The number of hydrogen-bond donors (Lipinski definition) is 0. The first-order valence-electron chi connectivity index (χ1n) is 9.00. The highest BCUT2D eigenvalue weighted by Crippen LogP contribution is 2.36. The summed E-state index contributed by atoms with van der Waals surface area (Å²) in [7, 11) is 0. The highest BCUT2D eigenvalue weighted by Gasteiger charge is 2.32. The lowest BCUT2D eigenvalue weighted by molar-refractivity contribution is 0.111. The fourth-order valence-electron chi connectivity index (χ4n) is 4.33. The Morgan fingerprint density at radius 1 is 0.652 bits per heavy atom. The van der Waals surface area contributed by atoms with Crippen LogP contribution in [0.3, 0.4) is 0 Å². The minimum Gasteiger partial charge on any atom is -0.283 e. The average molecular weight is 306 g/mol. The lowest BCUT2D eigenvalue weighted by Gasteiger charge is -2.33. The minimum atomic E-state index is 0.605. The average Bonchev–Trinajstić information content (AvgIpc) is 3.26. The largest absolute Gasteiger partial charge is 0.283 e. The van der Waals surface area contributed by atoms with Crippen LogP contribution in [0.4, 0.5) is 0 Å². The van der Waals surface area contributed by atoms with E-state index in [0.717, 1.165) is 6.67 Å². The van der Waals surface area contributed by atoms with Crippen molar-refractivity contribution in [3.63, 3.8) is 0 Å². The summed E-state index contributed by atoms with van der Waals surface area (Å²) in [5.74, 6) is 0. The van der Waals surface area contributed by atoms with Crippen molar-refractivity contribution >= 4 is 0 Å². The molecule has 0 aromatic heterocycles. The van der Waals surface area contributed by atoms with Gasteiger partial charge in [-0.2, -0.15) is 0 Å². The van der Waals surface area contributed by atoms with E-state index in [9.17, 15) is 0 Å². The van der Waals surface area contributed by atoms with E-state index in [1.54, 1.807) is 0 Å². The van der Waals surface area contributed by atoms with Crippen molar-refractivity contribution in [1.82, 2.24) is 9.80 Å². The van der Waals surface area contributed by atoms with Gasteiger partial charge in [0.05, 0.1) is 6.67 Å². The van der Waals surface area contributed by atoms with E-state index >= 15 is 0 Å². The van der Waals surface area contributed by atoms with Gasteiger partial charge in [-0.1, -0.05) is 60.7 Å². The van der Waals surface area contributed by atoms with Crippen molar-refractivity contribution in [3.05, 3.63) is 71.8 Å². The normalized spacial score (nSPS) is 25.9. The van der Waals surface area contributed by atoms with E-state index in [-0.39, 0.29) is 0 Å². The second-order valence-corrected chi connectivity index (χ2v) is 6.90. The first kappa shape index (κ1) is 14.9. The first-order chi connectivity index (χ1) is 11.4. The zero-order valence-corrected chi connectivity index (χ0v) is 13.8. The third-order valence-corrected chi connectivity index (χ3v) is 5.46. The quantitative estimate of drug-likeness (QED) is 0.813. The molecule has 2 aliphatic heterocycles. The lowest BCUT2D eigenvalue weighted by Crippen LogP contribution is -2.37. The van der Waals surface area contributed by atoms with Gasteiger partial charge in [0.25, 0.3) is 0 Å². The molecule has 2 heteroatoms. The predicted octanol–water partition coefficient (Wildman–Crippen LogP) is 4.62. The number of rotatable bonds is 4. The molecule has 2 aliphatic rings. The van der Waals surface area contributed by atoms with Crippen LogP contribution < -0.4 is 0 Å². The smallest absolute Gasteiger partial charge is 0.0517 e. The molecule has 2 aromatic rings. The zero-order valence-electron chi connectivity index (χ0n) is 13.8. The predicted molar refractivity (Wildman–Crippen MR) is 95.1 cm³/mol. The molecule has 2 heterocycles. The third-order valence-electron chi connectivity index (χ3n) is 5.46. The minimum absolute atomic E-state index is 0.605. The van der Waals surface area contributed by atoms with Crippen LogP contribution in [0.5, 0.6) is 0 Å². The third kappa shape index (κ3) is 3.19. The van der Waals surface area contributed by atoms with Gasteiger partial charge in [0, 0.05) is 25.2 Å². The molecule has 120 valence electrons. The Kier molecular flexibility index (Phi) is 4.45. The van der Waals surface area contributed by atoms with Gasteiger partial charge in [0.2, 0.25) is 0 Å². The monoisotopic (exact) mass is 306 g/mol. The SMILES string of the molecule is c1ccc([C@@H]2CCCN2CN2CCC[C@H]2c2ccccc2)cc1. The molecule has 0 aliphatic carbocycles. The van der Waals surface area contributed by atoms with Crippen LogP contribution in [0.2, 0.25) is 0 Å². The van der Waals surface area contributed by atoms with E-state index in [2.05, 4.69) is 70.5 Å². The van der Waals surface area contributed by atoms with Crippen LogP contribution in [0.25, 0.3) is 0 Å². The molecule has 0 N–H and O–H groups in total. The molecule has 0 unspecified atom stereocenters. The summed E-state index contributed by atoms with van der Waals surface area (Å²) in [6.45, 7) is 3.58. The fraction of sp³-hybridized carbons (Fsp3) is 0.429. The van der Waals surface area contributed by atoms with Gasteiger partial charge in [-0.15, -0.1) is 0 Å². The van der Waals surface area contributed by atoms with Crippen molar-refractivity contribution in [2.24, 2.45) is 0 Å². The van der Waals surface area contributed by atoms with Gasteiger partial charge in [-0.3, -0.25) is 9.80 Å². The van der Waals surface area contributed by atoms with Crippen molar-refractivity contribution in [2.45, 2.75) is 37.8 Å². The van der Waals surface area contributed by atoms with Crippen molar-refractivity contribution in [3.8, 4) is 0 Å². The summed E-state index contributed by atoms with van der Waals surface area (Å²) >= 11 is 0. The Morgan fingerprint density at radius 2 is 1.09 bits per heavy atom. The van der Waals surface area contributed by atoms with Gasteiger partial charge in [0.1, 0.15) is 0 Å². The van der Waals surface area contributed by atoms with Crippen LogP contribution in [0.1, 0.15) is 48.9 Å². The van der Waals surface area contributed by atoms with E-state index < -0.39 is 0 Å². The van der Waals surface area contributed by atoms with E-state index in [1.807, 2.05) is 0 Å². The Morgan fingerprint density at radius 3 is 1.52 bits per heavy atom. The maximum atomic E-state index is 2.69. The molecule has 2 atom stereocenters. The summed E-state index contributed by atoms with van der Waals surface area (Å²) in [4.78, 5) is 5.38. The summed E-state index contributed by atoms with van der Waals surface area (Å²) in [5.41, 5.74) is 2.97. The number of nitrogens with zero attached hydrogens (tertiary/aromatic N) is 2. The van der Waals surface area contributed by atoms with Gasteiger partial charge in [-0.05, 0) is 36.8 Å². The van der Waals surface area contributed by atoms with Gasteiger partial charge >= 0.3 is 0 Å². The number of hydrogen-bond acceptors (Lipinski definition) is 2. The Bertz CT molecular complexity index is 555. The molecule has 2 nitrogen and oxygen atoms in total. The van der Waals surface area contributed by atoms with E-state index in [1.165, 1.54) is 49.9 Å². The molecule has 0 spiro atoms. The molecule has 2 fully saturated rings. The van der Waals surface area contributed by atoms with Crippen molar-refractivity contribution < 1.29 is 0 Å². The summed E-state index contributed by atoms with van der Waals surface area (Å²) in [6, 6.07) is 23.3. The van der Waals surface area contributed by atoms with Crippen LogP contribution in [-0.2, 0) is 0 Å². The zero-order chi connectivity index (χ0) is 15.5. The number of likely N-dealkylation sites (tertiary alicyclic amines) is 2. The lowest BCUT2D eigenvalue weighted by atomic mass is 10.0. The molecule has 2 aromatic carbocycles. The second kappa shape index (κ2) is 6.86. The molecular weight excluding hydrogens is 280 g/mol. The molecule has 4 rings (SSSR count). The van der Waals surface area contributed by atoms with Crippen LogP contribution >= 0.6 is 0 Å². The molecule has 0 bridgehead atoms. The van der Waals surface area contributed by atoms with E-state index in [4.69, 9.17) is 0 Å². The highest BCUT2D eigenvalue weighted by molar-refractivity contribution is 5.21. The standard InChI is InChI=1S/C21H26N2/c1-3-9-18(10-4-1)20-13-7-15-22(20)17-23-16-8-14-21(23)19-11-5-2-6-12-19/h1-6,9-12,20-21H,7-8,13-17H2/t20-,21-/m0/s1. The summed E-state index contributed by atoms with van der Waals surface area (Å²) in [5, 5.41) is 0. The molecule has 2 saturated heterocycles. The maximum absolute atomic E-state index is 2.69. The second-order valence-electron chi connectivity index (χ2n) is 6.90. The summed E-state index contributed by atoms with van der Waals surface area (Å²) < 4.78 is 0. The molecule has 23 heavy (non-hydrogen) atoms. The van der Waals surface area contributed by atoms with Crippen molar-refractivity contribution in [1.29, 1.82) is 0 Å². The number of benzene rings is 2. The van der Waals surface area contributed by atoms with Gasteiger partial charge in [0.15, 0.2) is 0 Å². The van der Waals surface area contributed by atoms with Gasteiger partial charge < -0.3 is 0 Å². The van der Waals surface area contributed by atoms with E-state index in [0.29, 0.717) is 12.1 Å². The van der Waals surface area contributed by atoms with Crippen LogP contribution in [0, 0.1) is 0 Å². The van der Waals surface area contributed by atoms with Crippen LogP contribution in [0.15, 0.2) is 60.7 Å². The maximum Gasteiger partial charge on any atom is 0.0517 e. The molecule has 0 amide bonds. The fourth-order valence-corrected chi connectivity index (χ4v) is 4.33. The first-order valence-corrected chi connectivity index (χ1v) is 9.00.